The number of hydrogen-bond acceptors (Lipinski definition) is 4. The maximum absolute atomic E-state index is 9.29. The Bertz CT molecular complexity index is 2500. The highest BCUT2D eigenvalue weighted by Crippen LogP contribution is 2.35. The standard InChI is InChI=1S/C39H25N3O/c1-4-11-26(12-5-1)29-17-10-18-30(23-29)31-20-22-35-34(24-31)33-21-19-32(25-36(33)43-35)39-41-37(27-13-6-2-7-14-27)40-38(42-39)28-15-8-3-9-16-28/h1-25H/i19D,20D,21D,22D,24D,25D. The maximum atomic E-state index is 9.29. The van der Waals surface area contributed by atoms with E-state index in [1.165, 1.54) is 0 Å². The Labute approximate surface area is 257 Å². The van der Waals surface area contributed by atoms with Crippen molar-refractivity contribution in [3.05, 3.63) is 152 Å². The van der Waals surface area contributed by atoms with Crippen molar-refractivity contribution in [2.45, 2.75) is 0 Å². The van der Waals surface area contributed by atoms with Gasteiger partial charge < -0.3 is 4.42 Å². The molecule has 0 radical (unpaired) electrons. The van der Waals surface area contributed by atoms with Crippen molar-refractivity contribution in [3.8, 4) is 56.4 Å². The first-order chi connectivity index (χ1) is 23.8. The summed E-state index contributed by atoms with van der Waals surface area (Å²) in [7, 11) is 0. The van der Waals surface area contributed by atoms with Gasteiger partial charge in [-0.3, -0.25) is 0 Å². The van der Waals surface area contributed by atoms with Crippen LogP contribution in [0.1, 0.15) is 8.22 Å². The van der Waals surface area contributed by atoms with Crippen molar-refractivity contribution in [3.63, 3.8) is 0 Å². The number of aromatic nitrogens is 3. The van der Waals surface area contributed by atoms with E-state index in [1.54, 1.807) is 6.07 Å². The lowest BCUT2D eigenvalue weighted by atomic mass is 9.98. The Morgan fingerprint density at radius 3 is 1.53 bits per heavy atom. The monoisotopic (exact) mass is 557 g/mol. The van der Waals surface area contributed by atoms with E-state index < -0.39 is 0 Å². The molecule has 0 aliphatic heterocycles. The average Bonchev–Trinajstić information content (AvgIpc) is 3.56. The summed E-state index contributed by atoms with van der Waals surface area (Å²) < 4.78 is 60.8. The first-order valence-electron chi connectivity index (χ1n) is 16.8. The van der Waals surface area contributed by atoms with Crippen LogP contribution in [-0.4, -0.2) is 15.0 Å². The summed E-state index contributed by atoms with van der Waals surface area (Å²) >= 11 is 0. The van der Waals surface area contributed by atoms with Gasteiger partial charge in [0.15, 0.2) is 17.5 Å². The highest BCUT2D eigenvalue weighted by molar-refractivity contribution is 6.07. The van der Waals surface area contributed by atoms with Crippen LogP contribution >= 0.6 is 0 Å². The van der Waals surface area contributed by atoms with Gasteiger partial charge >= 0.3 is 0 Å². The molecule has 2 heterocycles. The fraction of sp³-hybridized carbons (Fsp3) is 0. The van der Waals surface area contributed by atoms with E-state index in [1.807, 2.05) is 109 Å². The third-order valence-corrected chi connectivity index (χ3v) is 7.19. The van der Waals surface area contributed by atoms with E-state index in [-0.39, 0.29) is 75.1 Å². The number of fused-ring (bicyclic) bond motifs is 3. The quantitative estimate of drug-likeness (QED) is 0.211. The third kappa shape index (κ3) is 4.75. The van der Waals surface area contributed by atoms with Crippen LogP contribution < -0.4 is 0 Å². The molecule has 2 aromatic heterocycles. The Hall–Kier alpha value is -5.87. The topological polar surface area (TPSA) is 51.8 Å². The second-order valence-corrected chi connectivity index (χ2v) is 10.00. The zero-order chi connectivity index (χ0) is 33.8. The molecule has 202 valence electrons. The zero-order valence-corrected chi connectivity index (χ0v) is 22.7. The first kappa shape index (κ1) is 19.3. The molecule has 4 heteroatoms. The van der Waals surface area contributed by atoms with Crippen LogP contribution in [0.25, 0.3) is 78.4 Å². The van der Waals surface area contributed by atoms with E-state index in [0.717, 1.165) is 11.1 Å². The summed E-state index contributed by atoms with van der Waals surface area (Å²) in [6, 6.07) is 34.3. The van der Waals surface area contributed by atoms with E-state index in [2.05, 4.69) is 15.0 Å². The van der Waals surface area contributed by atoms with E-state index >= 15 is 0 Å². The molecular weight excluding hydrogens is 526 g/mol. The molecule has 0 spiro atoms. The number of furan rings is 1. The van der Waals surface area contributed by atoms with Gasteiger partial charge in [0.2, 0.25) is 0 Å². The average molecular weight is 558 g/mol. The maximum Gasteiger partial charge on any atom is 0.164 e. The molecule has 43 heavy (non-hydrogen) atoms. The van der Waals surface area contributed by atoms with Gasteiger partial charge in [0.1, 0.15) is 11.2 Å². The molecule has 0 aliphatic carbocycles. The minimum Gasteiger partial charge on any atom is -0.456 e. The Balaban J connectivity index is 1.37. The molecule has 0 aliphatic rings. The van der Waals surface area contributed by atoms with Crippen molar-refractivity contribution in [2.24, 2.45) is 0 Å². The van der Waals surface area contributed by atoms with Gasteiger partial charge in [-0.05, 0) is 52.5 Å². The van der Waals surface area contributed by atoms with Crippen LogP contribution in [0.3, 0.4) is 0 Å². The van der Waals surface area contributed by atoms with Gasteiger partial charge in [0.25, 0.3) is 0 Å². The third-order valence-electron chi connectivity index (χ3n) is 7.19. The van der Waals surface area contributed by atoms with Crippen LogP contribution in [0.15, 0.2) is 156 Å². The van der Waals surface area contributed by atoms with Gasteiger partial charge in [0, 0.05) is 27.5 Å². The van der Waals surface area contributed by atoms with Gasteiger partial charge in [-0.2, -0.15) is 0 Å². The molecule has 6 aromatic carbocycles. The number of nitrogens with zero attached hydrogens (tertiary/aromatic N) is 3. The van der Waals surface area contributed by atoms with Gasteiger partial charge in [-0.15, -0.1) is 0 Å². The number of benzene rings is 6. The van der Waals surface area contributed by atoms with Gasteiger partial charge in [-0.25, -0.2) is 15.0 Å². The molecule has 0 unspecified atom stereocenters. The van der Waals surface area contributed by atoms with Crippen molar-refractivity contribution in [2.75, 3.05) is 0 Å². The van der Waals surface area contributed by atoms with Crippen molar-refractivity contribution in [1.29, 1.82) is 0 Å². The summed E-state index contributed by atoms with van der Waals surface area (Å²) in [5.41, 5.74) is 3.84. The lowest BCUT2D eigenvalue weighted by Gasteiger charge is -2.08. The zero-order valence-electron chi connectivity index (χ0n) is 28.7. The van der Waals surface area contributed by atoms with Crippen molar-refractivity contribution in [1.82, 2.24) is 15.0 Å². The van der Waals surface area contributed by atoms with Gasteiger partial charge in [0.05, 0.1) is 8.22 Å². The highest BCUT2D eigenvalue weighted by Gasteiger charge is 2.15. The van der Waals surface area contributed by atoms with Crippen molar-refractivity contribution >= 4 is 21.9 Å². The van der Waals surface area contributed by atoms with E-state index in [4.69, 9.17) is 9.90 Å². The minimum absolute atomic E-state index is 0.0235. The fourth-order valence-electron chi connectivity index (χ4n) is 5.05. The second kappa shape index (κ2) is 10.5. The summed E-state index contributed by atoms with van der Waals surface area (Å²) in [6.45, 7) is 0. The molecule has 4 nitrogen and oxygen atoms in total. The Kier molecular flexibility index (Phi) is 4.71. The summed E-state index contributed by atoms with van der Waals surface area (Å²) in [5, 5.41) is 0.175. The van der Waals surface area contributed by atoms with Crippen LogP contribution in [0.5, 0.6) is 0 Å². The number of hydrogen-bond donors (Lipinski definition) is 0. The minimum atomic E-state index is -0.321. The molecule has 0 N–H and O–H groups in total. The molecule has 0 amide bonds. The largest absolute Gasteiger partial charge is 0.456 e. The lowest BCUT2D eigenvalue weighted by molar-refractivity contribution is 0.669. The predicted molar refractivity (Wildman–Crippen MR) is 174 cm³/mol. The molecule has 8 aromatic rings. The Morgan fingerprint density at radius 2 is 0.907 bits per heavy atom. The molecule has 0 saturated carbocycles. The molecule has 0 fully saturated rings. The van der Waals surface area contributed by atoms with E-state index in [9.17, 15) is 2.74 Å². The molecule has 0 saturated heterocycles. The first-order valence-corrected chi connectivity index (χ1v) is 13.8. The molecule has 0 atom stereocenters. The van der Waals surface area contributed by atoms with E-state index in [0.29, 0.717) is 28.3 Å². The van der Waals surface area contributed by atoms with Crippen LogP contribution in [0.2, 0.25) is 0 Å². The summed E-state index contributed by atoms with van der Waals surface area (Å²) in [5.74, 6) is 0.695. The predicted octanol–water partition coefficient (Wildman–Crippen LogP) is 10.1. The van der Waals surface area contributed by atoms with Crippen LogP contribution in [0.4, 0.5) is 0 Å². The summed E-state index contributed by atoms with van der Waals surface area (Å²) in [6.07, 6.45) is 0. The van der Waals surface area contributed by atoms with Gasteiger partial charge in [-0.1, -0.05) is 121 Å². The Morgan fingerprint density at radius 1 is 0.395 bits per heavy atom. The fourth-order valence-corrected chi connectivity index (χ4v) is 5.05. The molecular formula is C39H25N3O. The molecule has 8 rings (SSSR count). The van der Waals surface area contributed by atoms with Crippen LogP contribution in [0, 0.1) is 0 Å². The van der Waals surface area contributed by atoms with Crippen molar-refractivity contribution < 1.29 is 12.6 Å². The van der Waals surface area contributed by atoms with Crippen LogP contribution in [-0.2, 0) is 0 Å². The smallest absolute Gasteiger partial charge is 0.164 e. The number of rotatable bonds is 5. The lowest BCUT2D eigenvalue weighted by Crippen LogP contribution is -2.00. The normalized spacial score (nSPS) is 13.2. The SMILES string of the molecule is [2H]c1c(-c2cccc(-c3ccccc3)c2)c([2H])c2c(oc3c([2H])c(-c4nc(-c5ccccc5)nc(-c5ccccc5)n4)c([2H])c([2H])c32)c1[2H]. The highest BCUT2D eigenvalue weighted by atomic mass is 16.3. The molecule has 0 bridgehead atoms. The summed E-state index contributed by atoms with van der Waals surface area (Å²) in [4.78, 5) is 14.0. The second-order valence-electron chi connectivity index (χ2n) is 10.00.